The molecule has 1 unspecified atom stereocenters. The molecule has 2 aromatic rings. The van der Waals surface area contributed by atoms with Crippen LogP contribution in [-0.2, 0) is 4.79 Å². The van der Waals surface area contributed by atoms with Gasteiger partial charge >= 0.3 is 0 Å². The summed E-state index contributed by atoms with van der Waals surface area (Å²) in [6, 6.07) is 7.38. The molecule has 2 amide bonds. The fraction of sp³-hybridized carbons (Fsp3) is 0.143. The lowest BCUT2D eigenvalue weighted by Crippen LogP contribution is -2.47. The average molecular weight is 466 g/mol. The van der Waals surface area contributed by atoms with E-state index in [-0.39, 0.29) is 5.75 Å². The summed E-state index contributed by atoms with van der Waals surface area (Å²) in [4.78, 5) is 24.2. The van der Waals surface area contributed by atoms with Gasteiger partial charge in [0.15, 0.2) is 17.7 Å². The maximum Gasteiger partial charge on any atom is 0.279 e. The van der Waals surface area contributed by atoms with Gasteiger partial charge in [-0.1, -0.05) is 12.1 Å². The third-order valence-electron chi connectivity index (χ3n) is 2.68. The first kappa shape index (κ1) is 17.9. The normalized spacial score (nSPS) is 11.7. The summed E-state index contributed by atoms with van der Waals surface area (Å²) in [5.74, 6) is -1.67. The number of rotatable bonds is 4. The summed E-state index contributed by atoms with van der Waals surface area (Å²) in [6.45, 7) is 1.45. The molecule has 122 valence electrons. The highest BCUT2D eigenvalue weighted by Gasteiger charge is 2.18. The van der Waals surface area contributed by atoms with E-state index in [2.05, 4.69) is 42.7 Å². The lowest BCUT2D eigenvalue weighted by atomic mass is 10.3. The minimum atomic E-state index is -0.978. The van der Waals surface area contributed by atoms with Crippen LogP contribution in [0.5, 0.6) is 5.75 Å². The number of amides is 2. The number of carbonyl (C=O) groups excluding carboxylic acids is 2. The van der Waals surface area contributed by atoms with Gasteiger partial charge in [0.1, 0.15) is 0 Å². The number of hydrogen-bond donors (Lipinski definition) is 2. The van der Waals surface area contributed by atoms with Gasteiger partial charge in [0.05, 0.1) is 8.66 Å². The minimum absolute atomic E-state index is 0.0346. The highest BCUT2D eigenvalue weighted by Crippen LogP contribution is 2.32. The minimum Gasteiger partial charge on any atom is -0.478 e. The molecular formula is C14H11Br2FN2O3S. The highest BCUT2D eigenvalue weighted by atomic mass is 79.9. The molecule has 0 bridgehead atoms. The molecule has 0 fully saturated rings. The van der Waals surface area contributed by atoms with Crippen LogP contribution in [0.4, 0.5) is 4.39 Å². The molecule has 2 rings (SSSR count). The topological polar surface area (TPSA) is 67.4 Å². The van der Waals surface area contributed by atoms with Crippen molar-refractivity contribution in [3.63, 3.8) is 0 Å². The highest BCUT2D eigenvalue weighted by molar-refractivity contribution is 9.13. The molecule has 1 aromatic heterocycles. The quantitative estimate of drug-likeness (QED) is 0.677. The second-order valence-corrected chi connectivity index (χ2v) is 7.59. The number of benzene rings is 1. The van der Waals surface area contributed by atoms with Gasteiger partial charge in [-0.3, -0.25) is 20.4 Å². The first-order valence-corrected chi connectivity index (χ1v) is 8.75. The van der Waals surface area contributed by atoms with Crippen molar-refractivity contribution in [2.45, 2.75) is 13.0 Å². The maximum absolute atomic E-state index is 13.5. The number of hydrazine groups is 1. The number of halogens is 3. The van der Waals surface area contributed by atoms with Crippen molar-refractivity contribution in [2.75, 3.05) is 0 Å². The molecule has 0 aliphatic carbocycles. The van der Waals surface area contributed by atoms with Crippen LogP contribution >= 0.6 is 43.2 Å². The van der Waals surface area contributed by atoms with Crippen LogP contribution in [0.3, 0.4) is 0 Å². The van der Waals surface area contributed by atoms with Crippen molar-refractivity contribution in [3.05, 3.63) is 49.3 Å². The van der Waals surface area contributed by atoms with Crippen LogP contribution in [0.15, 0.2) is 38.6 Å². The SMILES string of the molecule is CC(Oc1ccccc1F)C(=O)NNC(=O)c1cc(Br)c(Br)s1. The van der Waals surface area contributed by atoms with Gasteiger partial charge in [-0.25, -0.2) is 4.39 Å². The van der Waals surface area contributed by atoms with E-state index >= 15 is 0 Å². The van der Waals surface area contributed by atoms with Gasteiger partial charge in [0.25, 0.3) is 11.8 Å². The molecular weight excluding hydrogens is 455 g/mol. The van der Waals surface area contributed by atoms with Crippen molar-refractivity contribution in [2.24, 2.45) is 0 Å². The third kappa shape index (κ3) is 4.76. The van der Waals surface area contributed by atoms with E-state index in [0.717, 1.165) is 8.26 Å². The van der Waals surface area contributed by atoms with Crippen LogP contribution in [-0.4, -0.2) is 17.9 Å². The predicted molar refractivity (Wildman–Crippen MR) is 91.8 cm³/mol. The first-order valence-electron chi connectivity index (χ1n) is 6.34. The van der Waals surface area contributed by atoms with E-state index < -0.39 is 23.7 Å². The zero-order valence-corrected chi connectivity index (χ0v) is 15.7. The number of thiophene rings is 1. The van der Waals surface area contributed by atoms with Crippen molar-refractivity contribution >= 4 is 55.0 Å². The Morgan fingerprint density at radius 1 is 1.26 bits per heavy atom. The number of ether oxygens (including phenoxy) is 1. The van der Waals surface area contributed by atoms with Crippen LogP contribution < -0.4 is 15.6 Å². The molecule has 0 saturated heterocycles. The number of nitrogens with one attached hydrogen (secondary N) is 2. The van der Waals surface area contributed by atoms with Gasteiger partial charge < -0.3 is 4.74 Å². The molecule has 9 heteroatoms. The Kier molecular flexibility index (Phi) is 6.14. The molecule has 1 heterocycles. The van der Waals surface area contributed by atoms with Crippen molar-refractivity contribution in [3.8, 4) is 5.75 Å². The van der Waals surface area contributed by atoms with E-state index in [1.54, 1.807) is 12.1 Å². The Morgan fingerprint density at radius 2 is 1.96 bits per heavy atom. The second kappa shape index (κ2) is 7.89. The fourth-order valence-corrected chi connectivity index (χ4v) is 3.46. The summed E-state index contributed by atoms with van der Waals surface area (Å²) in [5, 5.41) is 0. The second-order valence-electron chi connectivity index (χ2n) is 4.37. The third-order valence-corrected chi connectivity index (χ3v) is 5.93. The Balaban J connectivity index is 1.89. The Morgan fingerprint density at radius 3 is 2.57 bits per heavy atom. The Bertz CT molecular complexity index is 719. The van der Waals surface area contributed by atoms with Gasteiger partial charge in [-0.2, -0.15) is 0 Å². The fourth-order valence-electron chi connectivity index (χ4n) is 1.52. The number of hydrogen-bond acceptors (Lipinski definition) is 4. The largest absolute Gasteiger partial charge is 0.478 e. The van der Waals surface area contributed by atoms with E-state index in [0.29, 0.717) is 4.88 Å². The summed E-state index contributed by atoms with van der Waals surface area (Å²) in [5.41, 5.74) is 4.52. The van der Waals surface area contributed by atoms with Crippen LogP contribution in [0, 0.1) is 5.82 Å². The van der Waals surface area contributed by atoms with E-state index in [4.69, 9.17) is 4.74 Å². The molecule has 23 heavy (non-hydrogen) atoms. The predicted octanol–water partition coefficient (Wildman–Crippen LogP) is 3.64. The summed E-state index contributed by atoms with van der Waals surface area (Å²) in [7, 11) is 0. The summed E-state index contributed by atoms with van der Waals surface area (Å²) < 4.78 is 20.2. The Labute approximate surface area is 152 Å². The lowest BCUT2D eigenvalue weighted by molar-refractivity contribution is -0.128. The van der Waals surface area contributed by atoms with Gasteiger partial charge in [-0.05, 0) is 57.0 Å². The molecule has 0 aliphatic rings. The monoisotopic (exact) mass is 464 g/mol. The van der Waals surface area contributed by atoms with E-state index in [1.807, 2.05) is 0 Å². The average Bonchev–Trinajstić information content (AvgIpc) is 2.86. The smallest absolute Gasteiger partial charge is 0.279 e. The van der Waals surface area contributed by atoms with Crippen molar-refractivity contribution < 1.29 is 18.7 Å². The number of carbonyl (C=O) groups is 2. The molecule has 5 nitrogen and oxygen atoms in total. The molecule has 0 saturated carbocycles. The molecule has 0 radical (unpaired) electrons. The molecule has 0 aliphatic heterocycles. The summed E-state index contributed by atoms with van der Waals surface area (Å²) >= 11 is 7.77. The molecule has 2 N–H and O–H groups in total. The molecule has 1 aromatic carbocycles. The van der Waals surface area contributed by atoms with Crippen molar-refractivity contribution in [1.82, 2.24) is 10.9 Å². The van der Waals surface area contributed by atoms with Crippen LogP contribution in [0.25, 0.3) is 0 Å². The Hall–Kier alpha value is -1.45. The first-order chi connectivity index (χ1) is 10.9. The van der Waals surface area contributed by atoms with Crippen molar-refractivity contribution in [1.29, 1.82) is 0 Å². The zero-order chi connectivity index (χ0) is 17.0. The molecule has 1 atom stereocenters. The standard InChI is InChI=1S/C14H11Br2FN2O3S/c1-7(22-10-5-3-2-4-9(10)17)13(20)18-19-14(21)11-6-8(15)12(16)23-11/h2-7H,1H3,(H,18,20)(H,19,21). The van der Waals surface area contributed by atoms with Gasteiger partial charge in [0, 0.05) is 4.47 Å². The summed E-state index contributed by atoms with van der Waals surface area (Å²) in [6.07, 6.45) is -0.978. The lowest BCUT2D eigenvalue weighted by Gasteiger charge is -2.15. The zero-order valence-electron chi connectivity index (χ0n) is 11.7. The van der Waals surface area contributed by atoms with E-state index in [1.165, 1.54) is 36.5 Å². The molecule has 0 spiro atoms. The van der Waals surface area contributed by atoms with E-state index in [9.17, 15) is 14.0 Å². The van der Waals surface area contributed by atoms with Crippen LogP contribution in [0.2, 0.25) is 0 Å². The van der Waals surface area contributed by atoms with Crippen LogP contribution in [0.1, 0.15) is 16.6 Å². The maximum atomic E-state index is 13.5. The van der Waals surface area contributed by atoms with Gasteiger partial charge in [-0.15, -0.1) is 11.3 Å². The number of para-hydroxylation sites is 1. The van der Waals surface area contributed by atoms with Gasteiger partial charge in [0.2, 0.25) is 0 Å².